The summed E-state index contributed by atoms with van der Waals surface area (Å²) in [6.07, 6.45) is 5.59. The molecule has 8 rings (SSSR count). The van der Waals surface area contributed by atoms with Crippen molar-refractivity contribution in [1.82, 2.24) is 0 Å². The van der Waals surface area contributed by atoms with E-state index in [1.54, 1.807) is 0 Å². The Hall–Kier alpha value is -4.54. The molecule has 3 aliphatic heterocycles. The molecule has 0 aliphatic carbocycles. The molecule has 42 heavy (non-hydrogen) atoms. The minimum Gasteiger partial charge on any atom is -0.473 e. The summed E-state index contributed by atoms with van der Waals surface area (Å²) in [7, 11) is 0. The van der Waals surface area contributed by atoms with E-state index in [4.69, 9.17) is 9.47 Å². The van der Waals surface area contributed by atoms with Gasteiger partial charge in [-0.05, 0) is 70.8 Å². The monoisotopic (exact) mass is 550 g/mol. The van der Waals surface area contributed by atoms with Gasteiger partial charge in [0.2, 0.25) is 0 Å². The Kier molecular flexibility index (Phi) is 6.23. The van der Waals surface area contributed by atoms with Crippen molar-refractivity contribution in [3.63, 3.8) is 0 Å². The Labute approximate surface area is 247 Å². The summed E-state index contributed by atoms with van der Waals surface area (Å²) >= 11 is 0. The summed E-state index contributed by atoms with van der Waals surface area (Å²) in [4.78, 5) is 4.88. The minimum atomic E-state index is -0.702. The lowest BCUT2D eigenvalue weighted by molar-refractivity contribution is 0.122. The van der Waals surface area contributed by atoms with Crippen molar-refractivity contribution in [1.29, 1.82) is 0 Å². The van der Waals surface area contributed by atoms with Crippen LogP contribution in [0.3, 0.4) is 0 Å². The second-order valence-corrected chi connectivity index (χ2v) is 11.5. The summed E-state index contributed by atoms with van der Waals surface area (Å²) < 4.78 is 12.6. The molecule has 1 atom stereocenters. The highest BCUT2D eigenvalue weighted by Gasteiger charge is 2.37. The Morgan fingerprint density at radius 1 is 0.619 bits per heavy atom. The topological polar surface area (TPSA) is 24.9 Å². The predicted octanol–water partition coefficient (Wildman–Crippen LogP) is 7.59. The standard InChI is InChI=1S/C38H34N2O2/c1-2-8-31(9-3-1)38(32-11-13-33(14-12-32)39-22-24-41-25-23-39)20-18-36-35-16-15-34(26-29(35)10-17-37(36)42-38)40-21-19-28-6-4-5-7-30(28)27-40/h1-18,20,26H,19,21-25,27H2. The van der Waals surface area contributed by atoms with Gasteiger partial charge in [-0.15, -0.1) is 0 Å². The second-order valence-electron chi connectivity index (χ2n) is 11.5. The highest BCUT2D eigenvalue weighted by molar-refractivity contribution is 5.96. The van der Waals surface area contributed by atoms with E-state index in [9.17, 15) is 0 Å². The highest BCUT2D eigenvalue weighted by atomic mass is 16.5. The number of ether oxygens (including phenoxy) is 2. The van der Waals surface area contributed by atoms with Gasteiger partial charge >= 0.3 is 0 Å². The fourth-order valence-corrected chi connectivity index (χ4v) is 6.81. The van der Waals surface area contributed by atoms with Crippen LogP contribution >= 0.6 is 0 Å². The van der Waals surface area contributed by atoms with Gasteiger partial charge in [-0.2, -0.15) is 0 Å². The van der Waals surface area contributed by atoms with Crippen molar-refractivity contribution >= 4 is 28.2 Å². The fourth-order valence-electron chi connectivity index (χ4n) is 6.81. The molecule has 5 aromatic rings. The number of morpholine rings is 1. The molecule has 1 fully saturated rings. The zero-order valence-electron chi connectivity index (χ0n) is 23.7. The van der Waals surface area contributed by atoms with E-state index in [2.05, 4.69) is 131 Å². The maximum Gasteiger partial charge on any atom is 0.178 e. The zero-order valence-corrected chi connectivity index (χ0v) is 23.7. The van der Waals surface area contributed by atoms with Gasteiger partial charge in [0, 0.05) is 54.2 Å². The third-order valence-electron chi connectivity index (χ3n) is 9.13. The molecule has 5 aromatic carbocycles. The molecule has 0 saturated carbocycles. The molecule has 4 nitrogen and oxygen atoms in total. The van der Waals surface area contributed by atoms with E-state index < -0.39 is 5.60 Å². The molecule has 0 amide bonds. The largest absolute Gasteiger partial charge is 0.473 e. The minimum absolute atomic E-state index is 0.702. The number of anilines is 2. The van der Waals surface area contributed by atoms with Crippen molar-refractivity contribution in [3.8, 4) is 5.75 Å². The summed E-state index contributed by atoms with van der Waals surface area (Å²) in [6.45, 7) is 5.40. The van der Waals surface area contributed by atoms with E-state index in [0.717, 1.165) is 68.3 Å². The van der Waals surface area contributed by atoms with Gasteiger partial charge in [0.25, 0.3) is 0 Å². The van der Waals surface area contributed by atoms with Crippen molar-refractivity contribution in [2.24, 2.45) is 0 Å². The molecule has 0 spiro atoms. The first-order valence-corrected chi connectivity index (χ1v) is 15.0. The molecule has 4 heteroatoms. The smallest absolute Gasteiger partial charge is 0.178 e. The first kappa shape index (κ1) is 25.2. The Balaban J connectivity index is 1.14. The van der Waals surface area contributed by atoms with Crippen molar-refractivity contribution < 1.29 is 9.47 Å². The molecule has 0 bridgehead atoms. The van der Waals surface area contributed by atoms with Crippen molar-refractivity contribution in [2.45, 2.75) is 18.6 Å². The number of nitrogens with zero attached hydrogens (tertiary/aromatic N) is 2. The molecule has 0 radical (unpaired) electrons. The van der Waals surface area contributed by atoms with Gasteiger partial charge in [0.1, 0.15) is 5.75 Å². The highest BCUT2D eigenvalue weighted by Crippen LogP contribution is 2.45. The lowest BCUT2D eigenvalue weighted by Gasteiger charge is -2.37. The van der Waals surface area contributed by atoms with Crippen molar-refractivity contribution in [3.05, 3.63) is 143 Å². The third kappa shape index (κ3) is 4.34. The third-order valence-corrected chi connectivity index (χ3v) is 9.13. The number of fused-ring (bicyclic) bond motifs is 4. The van der Waals surface area contributed by atoms with Crippen LogP contribution in [0.5, 0.6) is 5.75 Å². The van der Waals surface area contributed by atoms with Crippen LogP contribution < -0.4 is 14.5 Å². The van der Waals surface area contributed by atoms with E-state index in [-0.39, 0.29) is 0 Å². The van der Waals surface area contributed by atoms with Gasteiger partial charge in [-0.1, -0.05) is 78.9 Å². The van der Waals surface area contributed by atoms with Crippen LogP contribution in [0.1, 0.15) is 27.8 Å². The molecule has 1 unspecified atom stereocenters. The molecule has 0 N–H and O–H groups in total. The van der Waals surface area contributed by atoms with Crippen LogP contribution in [0.4, 0.5) is 11.4 Å². The lowest BCUT2D eigenvalue weighted by Crippen LogP contribution is -2.36. The second kappa shape index (κ2) is 10.4. The molecule has 1 saturated heterocycles. The van der Waals surface area contributed by atoms with E-state index in [0.29, 0.717) is 0 Å². The number of hydrogen-bond donors (Lipinski definition) is 0. The average Bonchev–Trinajstić information content (AvgIpc) is 3.08. The Morgan fingerprint density at radius 2 is 1.36 bits per heavy atom. The van der Waals surface area contributed by atoms with Crippen LogP contribution in [0.25, 0.3) is 16.8 Å². The molecule has 208 valence electrons. The van der Waals surface area contributed by atoms with E-state index >= 15 is 0 Å². The van der Waals surface area contributed by atoms with E-state index in [1.165, 1.54) is 33.3 Å². The number of hydrogen-bond acceptors (Lipinski definition) is 4. The Bertz CT molecular complexity index is 1770. The predicted molar refractivity (Wildman–Crippen MR) is 172 cm³/mol. The van der Waals surface area contributed by atoms with Gasteiger partial charge in [-0.25, -0.2) is 0 Å². The molecule has 3 heterocycles. The number of benzene rings is 5. The zero-order chi connectivity index (χ0) is 27.9. The Morgan fingerprint density at radius 3 is 2.19 bits per heavy atom. The normalized spacial score (nSPS) is 19.7. The summed E-state index contributed by atoms with van der Waals surface area (Å²) in [5.74, 6) is 0.908. The van der Waals surface area contributed by atoms with Gasteiger partial charge < -0.3 is 19.3 Å². The molecule has 0 aromatic heterocycles. The van der Waals surface area contributed by atoms with Crippen LogP contribution in [0.15, 0.2) is 115 Å². The summed E-state index contributed by atoms with van der Waals surface area (Å²) in [6, 6.07) is 39.5. The average molecular weight is 551 g/mol. The maximum absolute atomic E-state index is 7.04. The van der Waals surface area contributed by atoms with Crippen LogP contribution in [-0.4, -0.2) is 32.8 Å². The SMILES string of the molecule is C1=CC(c2ccccc2)(c2ccc(N3CCOCC3)cc2)Oc2ccc3cc(N4CCc5ccccc5C4)ccc3c21. The van der Waals surface area contributed by atoms with Gasteiger partial charge in [0.05, 0.1) is 13.2 Å². The summed E-state index contributed by atoms with van der Waals surface area (Å²) in [5, 5.41) is 2.45. The fraction of sp³-hybridized carbons (Fsp3) is 0.211. The molecular formula is C38H34N2O2. The van der Waals surface area contributed by atoms with Crippen molar-refractivity contribution in [2.75, 3.05) is 42.6 Å². The lowest BCUT2D eigenvalue weighted by atomic mass is 9.83. The molecular weight excluding hydrogens is 516 g/mol. The summed E-state index contributed by atoms with van der Waals surface area (Å²) in [5.41, 5.74) is 8.08. The first-order valence-electron chi connectivity index (χ1n) is 15.0. The van der Waals surface area contributed by atoms with Crippen LogP contribution in [0.2, 0.25) is 0 Å². The van der Waals surface area contributed by atoms with E-state index in [1.807, 2.05) is 0 Å². The van der Waals surface area contributed by atoms with Gasteiger partial charge in [0.15, 0.2) is 5.60 Å². The van der Waals surface area contributed by atoms with Crippen LogP contribution in [0, 0.1) is 0 Å². The maximum atomic E-state index is 7.04. The molecule has 3 aliphatic rings. The number of rotatable bonds is 4. The quantitative estimate of drug-likeness (QED) is 0.230. The first-order chi connectivity index (χ1) is 20.8. The van der Waals surface area contributed by atoms with Gasteiger partial charge in [-0.3, -0.25) is 0 Å². The van der Waals surface area contributed by atoms with Crippen LogP contribution in [-0.2, 0) is 23.3 Å².